The van der Waals surface area contributed by atoms with Gasteiger partial charge in [-0.05, 0) is 54.8 Å². The summed E-state index contributed by atoms with van der Waals surface area (Å²) in [4.78, 5) is 14.4. The van der Waals surface area contributed by atoms with Crippen molar-refractivity contribution in [3.8, 4) is 0 Å². The zero-order chi connectivity index (χ0) is 18.9. The van der Waals surface area contributed by atoms with Gasteiger partial charge in [0.2, 0.25) is 15.9 Å². The molecule has 1 unspecified atom stereocenters. The lowest BCUT2D eigenvalue weighted by Crippen LogP contribution is -2.39. The molecule has 2 aromatic rings. The second-order valence-electron chi connectivity index (χ2n) is 6.42. The van der Waals surface area contributed by atoms with Crippen molar-refractivity contribution in [2.24, 2.45) is 5.14 Å². The lowest BCUT2D eigenvalue weighted by molar-refractivity contribution is -0.120. The van der Waals surface area contributed by atoms with Crippen LogP contribution < -0.4 is 15.4 Å². The van der Waals surface area contributed by atoms with E-state index in [0.717, 1.165) is 16.8 Å². The van der Waals surface area contributed by atoms with Gasteiger partial charge in [0.05, 0.1) is 11.4 Å². The third kappa shape index (κ3) is 4.17. The summed E-state index contributed by atoms with van der Waals surface area (Å²) in [6.07, 6.45) is 0.670. The summed E-state index contributed by atoms with van der Waals surface area (Å²) >= 11 is 5.85. The Balaban J connectivity index is 1.67. The van der Waals surface area contributed by atoms with Crippen LogP contribution in [-0.2, 0) is 27.8 Å². The molecule has 3 rings (SSSR count). The number of primary sulfonamides is 1. The third-order valence-electron chi connectivity index (χ3n) is 4.45. The number of halogens is 1. The third-order valence-corrected chi connectivity index (χ3v) is 5.62. The van der Waals surface area contributed by atoms with Crippen molar-refractivity contribution in [3.05, 3.63) is 58.6 Å². The van der Waals surface area contributed by atoms with Crippen LogP contribution in [0.15, 0.2) is 47.4 Å². The number of benzene rings is 2. The van der Waals surface area contributed by atoms with Crippen LogP contribution in [0.25, 0.3) is 0 Å². The van der Waals surface area contributed by atoms with Gasteiger partial charge in [-0.1, -0.05) is 23.7 Å². The fourth-order valence-electron chi connectivity index (χ4n) is 3.10. The molecule has 138 valence electrons. The highest BCUT2D eigenvalue weighted by molar-refractivity contribution is 7.89. The summed E-state index contributed by atoms with van der Waals surface area (Å²) in [6.45, 7) is 2.63. The van der Waals surface area contributed by atoms with E-state index in [-0.39, 0.29) is 23.4 Å². The molecule has 1 heterocycles. The first-order chi connectivity index (χ1) is 12.2. The molecule has 1 aliphatic rings. The normalized spacial score (nSPS) is 16.4. The number of sulfonamides is 1. The molecule has 1 atom stereocenters. The Morgan fingerprint density at radius 1 is 1.27 bits per heavy atom. The quantitative estimate of drug-likeness (QED) is 0.813. The number of rotatable bonds is 5. The number of nitrogens with zero attached hydrogens (tertiary/aromatic N) is 1. The zero-order valence-electron chi connectivity index (χ0n) is 14.3. The van der Waals surface area contributed by atoms with Crippen LogP contribution in [0.3, 0.4) is 0 Å². The van der Waals surface area contributed by atoms with E-state index in [1.54, 1.807) is 24.3 Å². The predicted molar refractivity (Wildman–Crippen MR) is 102 cm³/mol. The van der Waals surface area contributed by atoms with Crippen molar-refractivity contribution < 1.29 is 13.2 Å². The molecule has 0 radical (unpaired) electrons. The fraction of sp³-hybridized carbons (Fsp3) is 0.278. The van der Waals surface area contributed by atoms with Gasteiger partial charge in [0.15, 0.2) is 0 Å². The Bertz CT molecular complexity index is 929. The van der Waals surface area contributed by atoms with Crippen molar-refractivity contribution in [2.45, 2.75) is 30.8 Å². The largest absolute Gasteiger partial charge is 0.359 e. The monoisotopic (exact) mass is 393 g/mol. The van der Waals surface area contributed by atoms with Crippen LogP contribution in [0.1, 0.15) is 18.1 Å². The average molecular weight is 394 g/mol. The van der Waals surface area contributed by atoms with E-state index in [1.807, 2.05) is 24.0 Å². The van der Waals surface area contributed by atoms with Crippen LogP contribution in [0.4, 0.5) is 5.69 Å². The van der Waals surface area contributed by atoms with E-state index in [4.69, 9.17) is 16.7 Å². The number of hydrogen-bond acceptors (Lipinski definition) is 4. The van der Waals surface area contributed by atoms with Crippen molar-refractivity contribution in [2.75, 3.05) is 11.4 Å². The highest BCUT2D eigenvalue weighted by Gasteiger charge is 2.28. The van der Waals surface area contributed by atoms with Crippen LogP contribution in [0, 0.1) is 0 Å². The molecule has 1 aliphatic heterocycles. The number of carbonyl (C=O) groups excluding carboxylic acids is 1. The number of fused-ring (bicyclic) bond motifs is 1. The molecule has 3 N–H and O–H groups in total. The van der Waals surface area contributed by atoms with Crippen LogP contribution in [-0.4, -0.2) is 26.9 Å². The summed E-state index contributed by atoms with van der Waals surface area (Å²) in [5, 5.41) is 8.74. The summed E-state index contributed by atoms with van der Waals surface area (Å²) in [5.41, 5.74) is 2.72. The number of amides is 1. The van der Waals surface area contributed by atoms with Crippen molar-refractivity contribution in [3.63, 3.8) is 0 Å². The molecule has 2 aromatic carbocycles. The minimum Gasteiger partial charge on any atom is -0.359 e. The minimum absolute atomic E-state index is 0.0949. The van der Waals surface area contributed by atoms with Gasteiger partial charge in [-0.2, -0.15) is 0 Å². The number of nitrogens with one attached hydrogen (secondary N) is 1. The highest BCUT2D eigenvalue weighted by Crippen LogP contribution is 2.33. The maximum Gasteiger partial charge on any atom is 0.239 e. The van der Waals surface area contributed by atoms with Gasteiger partial charge >= 0.3 is 0 Å². The Morgan fingerprint density at radius 3 is 2.62 bits per heavy atom. The smallest absolute Gasteiger partial charge is 0.239 e. The zero-order valence-corrected chi connectivity index (χ0v) is 15.8. The summed E-state index contributed by atoms with van der Waals surface area (Å²) < 4.78 is 23.0. The first-order valence-corrected chi connectivity index (χ1v) is 10.1. The molecule has 8 heteroatoms. The summed E-state index contributed by atoms with van der Waals surface area (Å²) in [7, 11) is -3.73. The van der Waals surface area contributed by atoms with Crippen LogP contribution in [0.5, 0.6) is 0 Å². The molecule has 0 fully saturated rings. The number of anilines is 1. The first-order valence-electron chi connectivity index (χ1n) is 8.17. The topological polar surface area (TPSA) is 92.5 Å². The molecular formula is C18H20ClN3O3S. The number of hydrogen-bond donors (Lipinski definition) is 2. The molecular weight excluding hydrogens is 374 g/mol. The number of carbonyl (C=O) groups is 1. The maximum absolute atomic E-state index is 12.3. The van der Waals surface area contributed by atoms with Gasteiger partial charge in [-0.25, -0.2) is 13.6 Å². The Hall–Kier alpha value is -2.09. The van der Waals surface area contributed by atoms with Gasteiger partial charge in [0.1, 0.15) is 0 Å². The Kier molecular flexibility index (Phi) is 5.22. The van der Waals surface area contributed by atoms with E-state index in [2.05, 4.69) is 5.32 Å². The second kappa shape index (κ2) is 7.26. The van der Waals surface area contributed by atoms with Gasteiger partial charge in [0.25, 0.3) is 0 Å². The molecule has 0 saturated carbocycles. The lowest BCUT2D eigenvalue weighted by Gasteiger charge is -2.24. The van der Waals surface area contributed by atoms with Crippen LogP contribution >= 0.6 is 11.6 Å². The van der Waals surface area contributed by atoms with Crippen molar-refractivity contribution >= 4 is 33.2 Å². The average Bonchev–Trinajstić information content (AvgIpc) is 2.88. The molecule has 1 amide bonds. The molecule has 6 nitrogen and oxygen atoms in total. The molecule has 0 bridgehead atoms. The molecule has 0 aromatic heterocycles. The Labute approximate surface area is 158 Å². The van der Waals surface area contributed by atoms with Gasteiger partial charge < -0.3 is 10.2 Å². The number of nitrogens with two attached hydrogens (primary N) is 1. The van der Waals surface area contributed by atoms with E-state index >= 15 is 0 Å². The molecule has 0 spiro atoms. The highest BCUT2D eigenvalue weighted by atomic mass is 35.5. The lowest BCUT2D eigenvalue weighted by atomic mass is 10.1. The summed E-state index contributed by atoms with van der Waals surface area (Å²) in [5.74, 6) is -0.102. The maximum atomic E-state index is 12.3. The van der Waals surface area contributed by atoms with E-state index in [0.29, 0.717) is 18.0 Å². The first kappa shape index (κ1) is 18.7. The standard InChI is InChI=1S/C18H20ClN3O3S/c1-12-8-14-9-16(26(20,24)25)6-7-17(14)22(12)11-18(23)21-10-13-2-4-15(19)5-3-13/h2-7,9,12H,8,10-11H2,1H3,(H,21,23)(H2,20,24,25). The van der Waals surface area contributed by atoms with E-state index in [9.17, 15) is 13.2 Å². The predicted octanol–water partition coefficient (Wildman–Crippen LogP) is 2.05. The summed E-state index contributed by atoms with van der Waals surface area (Å²) in [6, 6.07) is 12.2. The second-order valence-corrected chi connectivity index (χ2v) is 8.42. The van der Waals surface area contributed by atoms with Gasteiger partial charge in [-0.15, -0.1) is 0 Å². The van der Waals surface area contributed by atoms with Crippen molar-refractivity contribution in [1.82, 2.24) is 5.32 Å². The Morgan fingerprint density at radius 2 is 1.96 bits per heavy atom. The van der Waals surface area contributed by atoms with Gasteiger partial charge in [0, 0.05) is 23.3 Å². The molecule has 26 heavy (non-hydrogen) atoms. The van der Waals surface area contributed by atoms with Crippen molar-refractivity contribution in [1.29, 1.82) is 0 Å². The van der Waals surface area contributed by atoms with E-state index < -0.39 is 10.0 Å². The van der Waals surface area contributed by atoms with Crippen LogP contribution in [0.2, 0.25) is 5.02 Å². The van der Waals surface area contributed by atoms with Gasteiger partial charge in [-0.3, -0.25) is 4.79 Å². The minimum atomic E-state index is -3.73. The molecule has 0 saturated heterocycles. The van der Waals surface area contributed by atoms with E-state index in [1.165, 1.54) is 6.07 Å². The molecule has 0 aliphatic carbocycles. The SMILES string of the molecule is CC1Cc2cc(S(N)(=O)=O)ccc2N1CC(=O)NCc1ccc(Cl)cc1. The fourth-order valence-corrected chi connectivity index (χ4v) is 3.79.